The molecule has 1 heterocycles. The summed E-state index contributed by atoms with van der Waals surface area (Å²) in [6.45, 7) is 2.96. The van der Waals surface area contributed by atoms with Crippen molar-refractivity contribution < 1.29 is 27.8 Å². The Morgan fingerprint density at radius 1 is 1.12 bits per heavy atom. The molecule has 0 bridgehead atoms. The Morgan fingerprint density at radius 3 is 2.47 bits per heavy atom. The van der Waals surface area contributed by atoms with Crippen LogP contribution in [0.4, 0.5) is 0 Å². The average Bonchev–Trinajstić information content (AvgIpc) is 2.74. The molecule has 9 heteroatoms. The van der Waals surface area contributed by atoms with Gasteiger partial charge in [0.2, 0.25) is 10.0 Å². The number of sulfonamides is 1. The van der Waals surface area contributed by atoms with E-state index in [1.807, 2.05) is 30.3 Å². The Morgan fingerprint density at radius 2 is 1.81 bits per heavy atom. The zero-order valence-electron chi connectivity index (χ0n) is 18.2. The highest BCUT2D eigenvalue weighted by molar-refractivity contribution is 7.89. The highest BCUT2D eigenvalue weighted by Crippen LogP contribution is 2.29. The Bertz CT molecular complexity index is 1200. The Labute approximate surface area is 187 Å². The number of fused-ring (bicyclic) bond motifs is 1. The number of ether oxygens (including phenoxy) is 2. The van der Waals surface area contributed by atoms with Gasteiger partial charge in [0.25, 0.3) is 0 Å². The van der Waals surface area contributed by atoms with Crippen LogP contribution < -0.4 is 4.74 Å². The summed E-state index contributed by atoms with van der Waals surface area (Å²) < 4.78 is 39.0. The van der Waals surface area contributed by atoms with E-state index in [0.717, 1.165) is 10.9 Å². The lowest BCUT2D eigenvalue weighted by Gasteiger charge is -2.24. The van der Waals surface area contributed by atoms with Crippen molar-refractivity contribution in [3.05, 3.63) is 65.4 Å². The Hall–Kier alpha value is -3.01. The van der Waals surface area contributed by atoms with Crippen molar-refractivity contribution in [2.45, 2.75) is 25.3 Å². The van der Waals surface area contributed by atoms with Gasteiger partial charge in [0.15, 0.2) is 0 Å². The minimum Gasteiger partial charge on any atom is -0.497 e. The molecule has 1 aromatic heterocycles. The molecule has 0 saturated carbocycles. The molecule has 3 aromatic rings. The van der Waals surface area contributed by atoms with Crippen LogP contribution in [0.2, 0.25) is 0 Å². The number of aliphatic carboxylic acids is 1. The van der Waals surface area contributed by atoms with Gasteiger partial charge in [0, 0.05) is 24.7 Å². The van der Waals surface area contributed by atoms with Gasteiger partial charge in [-0.3, -0.25) is 4.98 Å². The fourth-order valence-corrected chi connectivity index (χ4v) is 5.40. The number of benzene rings is 2. The summed E-state index contributed by atoms with van der Waals surface area (Å²) in [5.74, 6) is -0.533. The molecule has 0 fully saturated rings. The summed E-state index contributed by atoms with van der Waals surface area (Å²) in [5, 5.41) is 9.70. The number of aromatic nitrogens is 1. The minimum atomic E-state index is -3.92. The maximum absolute atomic E-state index is 13.7. The largest absolute Gasteiger partial charge is 0.497 e. The summed E-state index contributed by atoms with van der Waals surface area (Å²) in [6, 6.07) is 12.8. The van der Waals surface area contributed by atoms with Gasteiger partial charge in [-0.15, -0.1) is 0 Å². The predicted octanol–water partition coefficient (Wildman–Crippen LogP) is 3.15. The molecular weight excluding hydrogens is 432 g/mol. The third kappa shape index (κ3) is 5.42. The van der Waals surface area contributed by atoms with Crippen LogP contribution >= 0.6 is 0 Å². The number of aryl methyl sites for hydroxylation is 2. The van der Waals surface area contributed by atoms with Crippen LogP contribution in [-0.2, 0) is 26.1 Å². The Balaban J connectivity index is 1.96. The SMILES string of the molecule is COc1cc(C)c(S(=O)(=O)N(CCOCC(=O)O)Cc2cnc3ccccc3c2)c(C)c1. The van der Waals surface area contributed by atoms with E-state index in [0.29, 0.717) is 22.4 Å². The van der Waals surface area contributed by atoms with Gasteiger partial charge in [0.05, 0.1) is 24.1 Å². The summed E-state index contributed by atoms with van der Waals surface area (Å²) in [6.07, 6.45) is 1.65. The molecule has 32 heavy (non-hydrogen) atoms. The normalized spacial score (nSPS) is 11.8. The molecule has 0 aliphatic heterocycles. The van der Waals surface area contributed by atoms with Crippen molar-refractivity contribution in [2.75, 3.05) is 26.9 Å². The van der Waals surface area contributed by atoms with E-state index in [1.165, 1.54) is 11.4 Å². The smallest absolute Gasteiger partial charge is 0.329 e. The van der Waals surface area contributed by atoms with E-state index >= 15 is 0 Å². The first-order valence-corrected chi connectivity index (χ1v) is 11.4. The predicted molar refractivity (Wildman–Crippen MR) is 120 cm³/mol. The van der Waals surface area contributed by atoms with E-state index in [2.05, 4.69) is 4.98 Å². The quantitative estimate of drug-likeness (QED) is 0.465. The highest BCUT2D eigenvalue weighted by atomic mass is 32.2. The van der Waals surface area contributed by atoms with Crippen LogP contribution in [0.1, 0.15) is 16.7 Å². The van der Waals surface area contributed by atoms with Crippen molar-refractivity contribution in [3.8, 4) is 5.75 Å². The van der Waals surface area contributed by atoms with Crippen molar-refractivity contribution in [1.82, 2.24) is 9.29 Å². The summed E-state index contributed by atoms with van der Waals surface area (Å²) in [7, 11) is -2.39. The topological polar surface area (TPSA) is 106 Å². The molecule has 0 saturated heterocycles. The molecule has 2 aromatic carbocycles. The maximum Gasteiger partial charge on any atom is 0.329 e. The molecule has 8 nitrogen and oxygen atoms in total. The van der Waals surface area contributed by atoms with Gasteiger partial charge >= 0.3 is 5.97 Å². The van der Waals surface area contributed by atoms with Gasteiger partial charge < -0.3 is 14.6 Å². The number of pyridine rings is 1. The van der Waals surface area contributed by atoms with Gasteiger partial charge in [0.1, 0.15) is 12.4 Å². The van der Waals surface area contributed by atoms with Crippen molar-refractivity contribution in [3.63, 3.8) is 0 Å². The van der Waals surface area contributed by atoms with Crippen LogP contribution in [0.15, 0.2) is 53.6 Å². The van der Waals surface area contributed by atoms with Gasteiger partial charge in [-0.25, -0.2) is 13.2 Å². The lowest BCUT2D eigenvalue weighted by molar-refractivity contribution is -0.142. The van der Waals surface area contributed by atoms with Crippen molar-refractivity contribution >= 4 is 26.9 Å². The first-order chi connectivity index (χ1) is 15.2. The molecule has 0 radical (unpaired) electrons. The minimum absolute atomic E-state index is 0.00660. The first-order valence-electron chi connectivity index (χ1n) is 10.0. The molecule has 0 amide bonds. The number of carboxylic acids is 1. The molecule has 0 aliphatic rings. The molecular formula is C23H26N2O6S. The molecule has 0 spiro atoms. The lowest BCUT2D eigenvalue weighted by atomic mass is 10.1. The fraction of sp³-hybridized carbons (Fsp3) is 0.304. The molecule has 3 rings (SSSR count). The summed E-state index contributed by atoms with van der Waals surface area (Å²) >= 11 is 0. The van der Waals surface area contributed by atoms with Crippen LogP contribution in [0, 0.1) is 13.8 Å². The number of methoxy groups -OCH3 is 1. The van der Waals surface area contributed by atoms with Crippen LogP contribution in [0.3, 0.4) is 0 Å². The third-order valence-electron chi connectivity index (χ3n) is 4.98. The highest BCUT2D eigenvalue weighted by Gasteiger charge is 2.28. The summed E-state index contributed by atoms with van der Waals surface area (Å²) in [5.41, 5.74) is 2.66. The van der Waals surface area contributed by atoms with E-state index in [9.17, 15) is 13.2 Å². The van der Waals surface area contributed by atoms with E-state index in [-0.39, 0.29) is 24.6 Å². The lowest BCUT2D eigenvalue weighted by Crippen LogP contribution is -2.35. The van der Waals surface area contributed by atoms with Crippen molar-refractivity contribution in [2.24, 2.45) is 0 Å². The zero-order valence-corrected chi connectivity index (χ0v) is 19.1. The van der Waals surface area contributed by atoms with Gasteiger partial charge in [-0.05, 0) is 54.8 Å². The number of rotatable bonds is 10. The number of hydrogen-bond acceptors (Lipinski definition) is 6. The third-order valence-corrected chi connectivity index (χ3v) is 7.14. The number of carbonyl (C=O) groups is 1. The number of carboxylic acid groups (broad SMARTS) is 1. The molecule has 0 atom stereocenters. The number of para-hydroxylation sites is 1. The van der Waals surface area contributed by atoms with Gasteiger partial charge in [-0.2, -0.15) is 4.31 Å². The Kier molecular flexibility index (Phi) is 7.44. The summed E-state index contributed by atoms with van der Waals surface area (Å²) in [4.78, 5) is 15.4. The van der Waals surface area contributed by atoms with E-state index in [1.54, 1.807) is 32.2 Å². The maximum atomic E-state index is 13.7. The molecule has 170 valence electrons. The number of hydrogen-bond donors (Lipinski definition) is 1. The van der Waals surface area contributed by atoms with Crippen LogP contribution in [0.25, 0.3) is 10.9 Å². The van der Waals surface area contributed by atoms with E-state index in [4.69, 9.17) is 14.6 Å². The standard InChI is InChI=1S/C23H26N2O6S/c1-16-10-20(30-3)11-17(2)23(16)32(28,29)25(8-9-31-15-22(26)27)14-18-12-19-6-4-5-7-21(19)24-13-18/h4-7,10-13H,8-9,14-15H2,1-3H3,(H,26,27). The second-order valence-electron chi connectivity index (χ2n) is 7.41. The fourth-order valence-electron chi connectivity index (χ4n) is 3.58. The number of nitrogens with zero attached hydrogens (tertiary/aromatic N) is 2. The van der Waals surface area contributed by atoms with Crippen LogP contribution in [0.5, 0.6) is 5.75 Å². The monoisotopic (exact) mass is 458 g/mol. The average molecular weight is 459 g/mol. The van der Waals surface area contributed by atoms with Crippen LogP contribution in [-0.4, -0.2) is 55.7 Å². The molecule has 1 N–H and O–H groups in total. The second-order valence-corrected chi connectivity index (χ2v) is 9.29. The zero-order chi connectivity index (χ0) is 23.3. The first kappa shape index (κ1) is 23.6. The van der Waals surface area contributed by atoms with Crippen molar-refractivity contribution in [1.29, 1.82) is 0 Å². The second kappa shape index (κ2) is 10.1. The molecule has 0 unspecified atom stereocenters. The van der Waals surface area contributed by atoms with E-state index < -0.39 is 22.6 Å². The van der Waals surface area contributed by atoms with Gasteiger partial charge in [-0.1, -0.05) is 18.2 Å². The molecule has 0 aliphatic carbocycles.